The van der Waals surface area contributed by atoms with Gasteiger partial charge in [-0.05, 0) is 31.0 Å². The van der Waals surface area contributed by atoms with Gasteiger partial charge in [0.15, 0.2) is 0 Å². The molecule has 1 aliphatic heterocycles. The predicted molar refractivity (Wildman–Crippen MR) is 76.3 cm³/mol. The van der Waals surface area contributed by atoms with Crippen molar-refractivity contribution in [3.63, 3.8) is 0 Å². The molecule has 1 aromatic rings. The number of nitrogens with zero attached hydrogens (tertiary/aromatic N) is 1. The number of halogens is 1. The van der Waals surface area contributed by atoms with Gasteiger partial charge in [-0.2, -0.15) is 0 Å². The molecule has 0 saturated carbocycles. The van der Waals surface area contributed by atoms with Crippen molar-refractivity contribution in [3.05, 3.63) is 27.8 Å². The molecule has 1 fully saturated rings. The van der Waals surface area contributed by atoms with E-state index < -0.39 is 0 Å². The number of nitrogens with one attached hydrogen (secondary N) is 1. The summed E-state index contributed by atoms with van der Waals surface area (Å²) in [4.78, 5) is 14.5. The van der Waals surface area contributed by atoms with E-state index in [1.165, 1.54) is 0 Å². The van der Waals surface area contributed by atoms with Crippen LogP contribution < -0.4 is 10.1 Å². The summed E-state index contributed by atoms with van der Waals surface area (Å²) < 4.78 is 5.40. The van der Waals surface area contributed by atoms with Gasteiger partial charge in [-0.25, -0.2) is 0 Å². The Bertz CT molecular complexity index is 497. The fourth-order valence-electron chi connectivity index (χ4n) is 2.40. The van der Waals surface area contributed by atoms with Crippen molar-refractivity contribution >= 4 is 17.5 Å². The first-order valence-electron chi connectivity index (χ1n) is 6.40. The lowest BCUT2D eigenvalue weighted by molar-refractivity contribution is 0.0731. The summed E-state index contributed by atoms with van der Waals surface area (Å²) in [6.07, 6.45) is 0. The maximum atomic E-state index is 12.7. The van der Waals surface area contributed by atoms with Crippen molar-refractivity contribution in [2.24, 2.45) is 0 Å². The summed E-state index contributed by atoms with van der Waals surface area (Å²) in [6.45, 7) is 6.84. The van der Waals surface area contributed by atoms with Gasteiger partial charge in [-0.3, -0.25) is 4.79 Å². The average Bonchev–Trinajstić information content (AvgIpc) is 2.42. The van der Waals surface area contributed by atoms with Crippen LogP contribution in [0.4, 0.5) is 0 Å². The molecule has 0 radical (unpaired) electrons. The van der Waals surface area contributed by atoms with Crippen molar-refractivity contribution in [1.29, 1.82) is 0 Å². The standard InChI is InChI=1S/C14H19ClN2O2/c1-9-8-11(15)10(2)12(13(9)19-3)14(18)17-6-4-16-5-7-17/h8,16H,4-7H2,1-3H3. The number of amides is 1. The van der Waals surface area contributed by atoms with Gasteiger partial charge in [-0.15, -0.1) is 0 Å². The van der Waals surface area contributed by atoms with Gasteiger partial charge >= 0.3 is 0 Å². The topological polar surface area (TPSA) is 41.6 Å². The van der Waals surface area contributed by atoms with Crippen LogP contribution in [0.5, 0.6) is 5.75 Å². The number of aryl methyl sites for hydroxylation is 1. The zero-order chi connectivity index (χ0) is 14.0. The maximum Gasteiger partial charge on any atom is 0.258 e. The molecule has 0 unspecified atom stereocenters. The van der Waals surface area contributed by atoms with Crippen LogP contribution in [0.3, 0.4) is 0 Å². The van der Waals surface area contributed by atoms with Crippen molar-refractivity contribution in [2.75, 3.05) is 33.3 Å². The average molecular weight is 283 g/mol. The van der Waals surface area contributed by atoms with Crippen molar-refractivity contribution < 1.29 is 9.53 Å². The number of carbonyl (C=O) groups is 1. The summed E-state index contributed by atoms with van der Waals surface area (Å²) >= 11 is 6.19. The number of ether oxygens (including phenoxy) is 1. The van der Waals surface area contributed by atoms with E-state index in [1.54, 1.807) is 7.11 Å². The molecule has 0 bridgehead atoms. The summed E-state index contributed by atoms with van der Waals surface area (Å²) in [6, 6.07) is 1.84. The quantitative estimate of drug-likeness (QED) is 0.902. The predicted octanol–water partition coefficient (Wildman–Crippen LogP) is 2.01. The second-order valence-electron chi connectivity index (χ2n) is 4.75. The van der Waals surface area contributed by atoms with Crippen LogP contribution in [0.1, 0.15) is 21.5 Å². The Kier molecular flexibility index (Phi) is 4.32. The van der Waals surface area contributed by atoms with E-state index in [2.05, 4.69) is 5.32 Å². The van der Waals surface area contributed by atoms with Crippen LogP contribution in [0.15, 0.2) is 6.07 Å². The van der Waals surface area contributed by atoms with Gasteiger partial charge in [0.25, 0.3) is 5.91 Å². The van der Waals surface area contributed by atoms with E-state index in [1.807, 2.05) is 24.8 Å². The van der Waals surface area contributed by atoms with Gasteiger partial charge in [0.05, 0.1) is 12.7 Å². The molecule has 1 saturated heterocycles. The highest BCUT2D eigenvalue weighted by molar-refractivity contribution is 6.32. The highest BCUT2D eigenvalue weighted by Crippen LogP contribution is 2.32. The van der Waals surface area contributed by atoms with E-state index in [9.17, 15) is 4.79 Å². The van der Waals surface area contributed by atoms with Crippen molar-refractivity contribution in [2.45, 2.75) is 13.8 Å². The molecule has 2 rings (SSSR count). The highest BCUT2D eigenvalue weighted by Gasteiger charge is 2.25. The zero-order valence-electron chi connectivity index (χ0n) is 11.5. The lowest BCUT2D eigenvalue weighted by Crippen LogP contribution is -2.46. The third-order valence-electron chi connectivity index (χ3n) is 3.48. The summed E-state index contributed by atoms with van der Waals surface area (Å²) in [5.41, 5.74) is 2.26. The smallest absolute Gasteiger partial charge is 0.258 e. The first kappa shape index (κ1) is 14.2. The fourth-order valence-corrected chi connectivity index (χ4v) is 2.66. The zero-order valence-corrected chi connectivity index (χ0v) is 12.3. The van der Waals surface area contributed by atoms with Gasteiger partial charge in [-0.1, -0.05) is 11.6 Å². The normalized spacial score (nSPS) is 15.5. The fraction of sp³-hybridized carbons (Fsp3) is 0.500. The molecule has 0 spiro atoms. The van der Waals surface area contributed by atoms with E-state index >= 15 is 0 Å². The molecule has 1 heterocycles. The van der Waals surface area contributed by atoms with Crippen LogP contribution in [-0.2, 0) is 0 Å². The number of hydrogen-bond acceptors (Lipinski definition) is 3. The lowest BCUT2D eigenvalue weighted by atomic mass is 10.0. The number of carbonyl (C=O) groups excluding carboxylic acids is 1. The van der Waals surface area contributed by atoms with Gasteiger partial charge in [0.2, 0.25) is 0 Å². The van der Waals surface area contributed by atoms with Crippen molar-refractivity contribution in [1.82, 2.24) is 10.2 Å². The second kappa shape index (κ2) is 5.80. The molecule has 5 heteroatoms. The Morgan fingerprint density at radius 3 is 2.58 bits per heavy atom. The third kappa shape index (κ3) is 2.69. The molecule has 0 aromatic heterocycles. The number of piperazine rings is 1. The third-order valence-corrected chi connectivity index (χ3v) is 3.88. The van der Waals surface area contributed by atoms with Crippen LogP contribution in [-0.4, -0.2) is 44.1 Å². The van der Waals surface area contributed by atoms with Crippen LogP contribution in [0.25, 0.3) is 0 Å². The molecular weight excluding hydrogens is 264 g/mol. The Balaban J connectivity index is 2.44. The first-order valence-corrected chi connectivity index (χ1v) is 6.77. The molecular formula is C14H19ClN2O2. The van der Waals surface area contributed by atoms with Crippen LogP contribution in [0, 0.1) is 13.8 Å². The van der Waals surface area contributed by atoms with E-state index in [-0.39, 0.29) is 5.91 Å². The Morgan fingerprint density at radius 2 is 2.00 bits per heavy atom. The van der Waals surface area contributed by atoms with Gasteiger partial charge in [0.1, 0.15) is 5.75 Å². The van der Waals surface area contributed by atoms with E-state index in [0.717, 1.165) is 24.2 Å². The number of methoxy groups -OCH3 is 1. The van der Waals surface area contributed by atoms with E-state index in [4.69, 9.17) is 16.3 Å². The van der Waals surface area contributed by atoms with Gasteiger partial charge in [0, 0.05) is 31.2 Å². The molecule has 4 nitrogen and oxygen atoms in total. The Labute approximate surface area is 118 Å². The van der Waals surface area contributed by atoms with Crippen LogP contribution >= 0.6 is 11.6 Å². The first-order chi connectivity index (χ1) is 9.06. The summed E-state index contributed by atoms with van der Waals surface area (Å²) in [5, 5.41) is 3.84. The molecule has 19 heavy (non-hydrogen) atoms. The number of rotatable bonds is 2. The van der Waals surface area contributed by atoms with E-state index in [0.29, 0.717) is 29.4 Å². The largest absolute Gasteiger partial charge is 0.496 e. The van der Waals surface area contributed by atoms with Crippen LogP contribution in [0.2, 0.25) is 5.02 Å². The minimum Gasteiger partial charge on any atom is -0.496 e. The molecule has 0 atom stereocenters. The number of hydrogen-bond donors (Lipinski definition) is 1. The molecule has 1 N–H and O–H groups in total. The highest BCUT2D eigenvalue weighted by atomic mass is 35.5. The molecule has 1 amide bonds. The molecule has 1 aliphatic rings. The second-order valence-corrected chi connectivity index (χ2v) is 5.16. The van der Waals surface area contributed by atoms with Crippen molar-refractivity contribution in [3.8, 4) is 5.75 Å². The SMILES string of the molecule is COc1c(C)cc(Cl)c(C)c1C(=O)N1CCNCC1. The Hall–Kier alpha value is -1.26. The molecule has 0 aliphatic carbocycles. The molecule has 1 aromatic carbocycles. The maximum absolute atomic E-state index is 12.7. The Morgan fingerprint density at radius 1 is 1.37 bits per heavy atom. The lowest BCUT2D eigenvalue weighted by Gasteiger charge is -2.29. The minimum absolute atomic E-state index is 0.00134. The summed E-state index contributed by atoms with van der Waals surface area (Å²) in [7, 11) is 1.59. The van der Waals surface area contributed by atoms with Gasteiger partial charge < -0.3 is 15.0 Å². The minimum atomic E-state index is 0.00134. The monoisotopic (exact) mass is 282 g/mol. The summed E-state index contributed by atoms with van der Waals surface area (Å²) in [5.74, 6) is 0.631. The molecule has 104 valence electrons. The number of benzene rings is 1.